The Morgan fingerprint density at radius 2 is 2.00 bits per heavy atom. The van der Waals surface area contributed by atoms with Gasteiger partial charge >= 0.3 is 0 Å². The van der Waals surface area contributed by atoms with E-state index in [2.05, 4.69) is 0 Å². The van der Waals surface area contributed by atoms with Gasteiger partial charge in [-0.05, 0) is 54.3 Å². The average molecular weight is 393 g/mol. The Labute approximate surface area is 159 Å². The number of carbonyl (C=O) groups is 1. The SMILES string of the molecule is CC(=O)N1CCCc2cc(S(=O)(=O)N(C)Cc3cccc(Cl)c3)ccc21. The first-order valence-electron chi connectivity index (χ1n) is 8.41. The second-order valence-electron chi connectivity index (χ2n) is 6.46. The molecule has 1 aliphatic heterocycles. The number of halogens is 1. The summed E-state index contributed by atoms with van der Waals surface area (Å²) in [5.41, 5.74) is 2.52. The lowest BCUT2D eigenvalue weighted by atomic mass is 10.0. The molecule has 0 N–H and O–H groups in total. The number of fused-ring (bicyclic) bond motifs is 1. The van der Waals surface area contributed by atoms with E-state index < -0.39 is 10.0 Å². The van der Waals surface area contributed by atoms with E-state index >= 15 is 0 Å². The molecule has 1 heterocycles. The molecule has 0 aliphatic carbocycles. The molecule has 0 saturated carbocycles. The van der Waals surface area contributed by atoms with Gasteiger partial charge in [-0.2, -0.15) is 4.31 Å². The van der Waals surface area contributed by atoms with Crippen molar-refractivity contribution in [3.63, 3.8) is 0 Å². The van der Waals surface area contributed by atoms with Crippen molar-refractivity contribution < 1.29 is 13.2 Å². The second-order valence-corrected chi connectivity index (χ2v) is 8.94. The number of carbonyl (C=O) groups excluding carboxylic acids is 1. The third kappa shape index (κ3) is 3.77. The van der Waals surface area contributed by atoms with Crippen LogP contribution in [0.15, 0.2) is 47.4 Å². The molecule has 1 aliphatic rings. The van der Waals surface area contributed by atoms with Crippen LogP contribution in [0.5, 0.6) is 0 Å². The molecule has 0 unspecified atom stereocenters. The van der Waals surface area contributed by atoms with E-state index in [0.29, 0.717) is 11.6 Å². The Balaban J connectivity index is 1.88. The van der Waals surface area contributed by atoms with Gasteiger partial charge in [-0.25, -0.2) is 8.42 Å². The minimum absolute atomic E-state index is 0.0281. The number of nitrogens with zero attached hydrogens (tertiary/aromatic N) is 2. The Bertz CT molecular complexity index is 944. The normalized spacial score (nSPS) is 14.4. The van der Waals surface area contributed by atoms with Crippen molar-refractivity contribution in [2.45, 2.75) is 31.2 Å². The topological polar surface area (TPSA) is 57.7 Å². The third-order valence-electron chi connectivity index (χ3n) is 4.55. The van der Waals surface area contributed by atoms with Crippen LogP contribution in [0.25, 0.3) is 0 Å². The molecule has 138 valence electrons. The van der Waals surface area contributed by atoms with E-state index in [4.69, 9.17) is 11.6 Å². The Morgan fingerprint density at radius 3 is 2.69 bits per heavy atom. The molecule has 0 fully saturated rings. The molecule has 7 heteroatoms. The van der Waals surface area contributed by atoms with Crippen molar-refractivity contribution in [3.05, 3.63) is 58.6 Å². The van der Waals surface area contributed by atoms with Crippen molar-refractivity contribution in [2.75, 3.05) is 18.5 Å². The van der Waals surface area contributed by atoms with Crippen LogP contribution in [0.3, 0.4) is 0 Å². The van der Waals surface area contributed by atoms with Gasteiger partial charge in [0.1, 0.15) is 0 Å². The van der Waals surface area contributed by atoms with Crippen molar-refractivity contribution >= 4 is 33.2 Å². The van der Waals surface area contributed by atoms with Crippen LogP contribution < -0.4 is 4.90 Å². The summed E-state index contributed by atoms with van der Waals surface area (Å²) < 4.78 is 27.2. The molecule has 0 spiro atoms. The van der Waals surface area contributed by atoms with Gasteiger partial charge in [0.2, 0.25) is 15.9 Å². The fourth-order valence-electron chi connectivity index (χ4n) is 3.22. The van der Waals surface area contributed by atoms with Gasteiger partial charge in [0, 0.05) is 37.8 Å². The van der Waals surface area contributed by atoms with Gasteiger partial charge in [-0.3, -0.25) is 4.79 Å². The molecule has 0 radical (unpaired) electrons. The highest BCUT2D eigenvalue weighted by molar-refractivity contribution is 7.89. The smallest absolute Gasteiger partial charge is 0.243 e. The minimum atomic E-state index is -3.63. The zero-order chi connectivity index (χ0) is 18.9. The van der Waals surface area contributed by atoms with E-state index in [1.165, 1.54) is 11.2 Å². The van der Waals surface area contributed by atoms with Crippen molar-refractivity contribution in [1.82, 2.24) is 4.31 Å². The maximum absolute atomic E-state index is 12.9. The van der Waals surface area contributed by atoms with E-state index in [1.807, 2.05) is 6.07 Å². The minimum Gasteiger partial charge on any atom is -0.312 e. The van der Waals surface area contributed by atoms with E-state index in [-0.39, 0.29) is 17.3 Å². The van der Waals surface area contributed by atoms with E-state index in [0.717, 1.165) is 29.7 Å². The highest BCUT2D eigenvalue weighted by atomic mass is 35.5. The Kier molecular flexibility index (Phi) is 5.37. The van der Waals surface area contributed by atoms with Crippen LogP contribution >= 0.6 is 11.6 Å². The van der Waals surface area contributed by atoms with Gasteiger partial charge < -0.3 is 4.90 Å². The molecule has 0 bridgehead atoms. The number of rotatable bonds is 4. The number of hydrogen-bond donors (Lipinski definition) is 0. The maximum atomic E-state index is 12.9. The summed E-state index contributed by atoms with van der Waals surface area (Å²) in [6.07, 6.45) is 1.59. The van der Waals surface area contributed by atoms with Crippen molar-refractivity contribution in [1.29, 1.82) is 0 Å². The molecular weight excluding hydrogens is 372 g/mol. The van der Waals surface area contributed by atoms with E-state index in [1.54, 1.807) is 48.3 Å². The fourth-order valence-corrected chi connectivity index (χ4v) is 4.64. The van der Waals surface area contributed by atoms with Gasteiger partial charge in [0.15, 0.2) is 0 Å². The molecule has 26 heavy (non-hydrogen) atoms. The summed E-state index contributed by atoms with van der Waals surface area (Å²) in [4.78, 5) is 13.7. The predicted molar refractivity (Wildman–Crippen MR) is 103 cm³/mol. The predicted octanol–water partition coefficient (Wildman–Crippen LogP) is 3.46. The van der Waals surface area contributed by atoms with Gasteiger partial charge in [-0.15, -0.1) is 0 Å². The first kappa shape index (κ1) is 18.9. The summed E-state index contributed by atoms with van der Waals surface area (Å²) >= 11 is 5.98. The molecule has 0 saturated heterocycles. The number of amides is 1. The summed E-state index contributed by atoms with van der Waals surface area (Å²) in [5.74, 6) is -0.0281. The van der Waals surface area contributed by atoms with Crippen molar-refractivity contribution in [3.8, 4) is 0 Å². The molecule has 2 aromatic carbocycles. The highest BCUT2D eigenvalue weighted by Gasteiger charge is 2.25. The molecule has 2 aromatic rings. The highest BCUT2D eigenvalue weighted by Crippen LogP contribution is 2.30. The van der Waals surface area contributed by atoms with Gasteiger partial charge in [0.05, 0.1) is 4.90 Å². The van der Waals surface area contributed by atoms with Gasteiger partial charge in [0.25, 0.3) is 0 Å². The van der Waals surface area contributed by atoms with Crippen LogP contribution in [0.2, 0.25) is 5.02 Å². The number of aryl methyl sites for hydroxylation is 1. The van der Waals surface area contributed by atoms with Crippen LogP contribution in [-0.2, 0) is 27.8 Å². The molecular formula is C19H21ClN2O3S. The molecule has 3 rings (SSSR count). The second kappa shape index (κ2) is 7.39. The first-order valence-corrected chi connectivity index (χ1v) is 10.2. The number of benzene rings is 2. The number of sulfonamides is 1. The quantitative estimate of drug-likeness (QED) is 0.800. The molecule has 5 nitrogen and oxygen atoms in total. The van der Waals surface area contributed by atoms with E-state index in [9.17, 15) is 13.2 Å². The standard InChI is InChI=1S/C19H21ClN2O3S/c1-14(23)22-10-4-6-16-12-18(8-9-19(16)22)26(24,25)21(2)13-15-5-3-7-17(20)11-15/h3,5,7-9,11-12H,4,6,10,13H2,1-2H3. The molecule has 1 amide bonds. The Morgan fingerprint density at radius 1 is 1.23 bits per heavy atom. The summed E-state index contributed by atoms with van der Waals surface area (Å²) in [7, 11) is -2.08. The maximum Gasteiger partial charge on any atom is 0.243 e. The average Bonchev–Trinajstić information content (AvgIpc) is 2.60. The van der Waals surface area contributed by atoms with Crippen LogP contribution in [-0.4, -0.2) is 32.2 Å². The molecule has 0 aromatic heterocycles. The lowest BCUT2D eigenvalue weighted by Crippen LogP contribution is -2.34. The summed E-state index contributed by atoms with van der Waals surface area (Å²) in [6, 6.07) is 12.1. The van der Waals surface area contributed by atoms with Crippen molar-refractivity contribution in [2.24, 2.45) is 0 Å². The summed E-state index contributed by atoms with van der Waals surface area (Å²) in [6.45, 7) is 2.43. The zero-order valence-corrected chi connectivity index (χ0v) is 16.3. The third-order valence-corrected chi connectivity index (χ3v) is 6.59. The Hall–Kier alpha value is -1.89. The largest absolute Gasteiger partial charge is 0.312 e. The lowest BCUT2D eigenvalue weighted by Gasteiger charge is -2.29. The monoisotopic (exact) mass is 392 g/mol. The lowest BCUT2D eigenvalue weighted by molar-refractivity contribution is -0.116. The summed E-state index contributed by atoms with van der Waals surface area (Å²) in [5, 5.41) is 0.575. The van der Waals surface area contributed by atoms with Gasteiger partial charge in [-0.1, -0.05) is 23.7 Å². The number of hydrogen-bond acceptors (Lipinski definition) is 3. The fraction of sp³-hybridized carbons (Fsp3) is 0.316. The zero-order valence-electron chi connectivity index (χ0n) is 14.8. The molecule has 0 atom stereocenters. The van der Waals surface area contributed by atoms with Crippen LogP contribution in [0.4, 0.5) is 5.69 Å². The van der Waals surface area contributed by atoms with Crippen LogP contribution in [0.1, 0.15) is 24.5 Å². The number of anilines is 1. The first-order chi connectivity index (χ1) is 12.3. The van der Waals surface area contributed by atoms with Crippen LogP contribution in [0, 0.1) is 0 Å².